The zero-order valence-electron chi connectivity index (χ0n) is 39.6. The summed E-state index contributed by atoms with van der Waals surface area (Å²) in [6.07, 6.45) is 6.74. The van der Waals surface area contributed by atoms with E-state index in [1.165, 1.54) is 123 Å². The van der Waals surface area contributed by atoms with Gasteiger partial charge in [-0.2, -0.15) is 41.6 Å². The Balaban J connectivity index is 0.000000140. The molecule has 0 bridgehead atoms. The molecule has 2 radical (unpaired) electrons. The smallest absolute Gasteiger partial charge is 0.0920 e. The van der Waals surface area contributed by atoms with Crippen molar-refractivity contribution in [2.75, 3.05) is 0 Å². The molecule has 1 aliphatic heterocycles. The van der Waals surface area contributed by atoms with Gasteiger partial charge in [0, 0.05) is 0 Å². The van der Waals surface area contributed by atoms with Gasteiger partial charge in [0.2, 0.25) is 0 Å². The van der Waals surface area contributed by atoms with E-state index >= 15 is 0 Å². The maximum atomic E-state index is 4.93. The first-order chi connectivity index (χ1) is 33.5. The molecule has 0 unspecified atom stereocenters. The molecule has 0 nitrogen and oxygen atoms in total. The largest absolute Gasteiger partial charge is 0.184 e. The molecular weight excluding hydrogens is 959 g/mol. The summed E-state index contributed by atoms with van der Waals surface area (Å²) in [5.74, 6) is 0. The van der Waals surface area contributed by atoms with E-state index < -0.39 is 20.8 Å². The van der Waals surface area contributed by atoms with E-state index in [1.807, 2.05) is 6.07 Å². The van der Waals surface area contributed by atoms with Gasteiger partial charge in [-0.1, -0.05) is 208 Å². The molecular formula is C64H57Cl2SiZr-3. The molecule has 0 atom stereocenters. The van der Waals surface area contributed by atoms with Crippen molar-refractivity contribution in [3.63, 3.8) is 0 Å². The van der Waals surface area contributed by atoms with Crippen LogP contribution in [0.3, 0.4) is 0 Å². The Hall–Kier alpha value is -5.34. The quantitative estimate of drug-likeness (QED) is 0.0946. The van der Waals surface area contributed by atoms with Crippen molar-refractivity contribution in [2.24, 2.45) is 0 Å². The molecule has 4 heteroatoms. The van der Waals surface area contributed by atoms with Crippen LogP contribution in [0.15, 0.2) is 200 Å². The Labute approximate surface area is 426 Å². The van der Waals surface area contributed by atoms with Crippen LogP contribution < -0.4 is 10.4 Å². The van der Waals surface area contributed by atoms with Crippen molar-refractivity contribution >= 4 is 58.5 Å². The van der Waals surface area contributed by atoms with Crippen LogP contribution in [0.4, 0.5) is 0 Å². The van der Waals surface area contributed by atoms with Crippen molar-refractivity contribution < 1.29 is 20.8 Å². The van der Waals surface area contributed by atoms with Gasteiger partial charge in [-0.15, -0.1) is 62.5 Å². The first-order valence-electron chi connectivity index (χ1n) is 24.0. The molecule has 10 aromatic carbocycles. The van der Waals surface area contributed by atoms with Gasteiger partial charge in [0.1, 0.15) is 0 Å². The van der Waals surface area contributed by atoms with Crippen LogP contribution in [-0.2, 0) is 46.5 Å². The average Bonchev–Trinajstić information content (AvgIpc) is 4.12. The summed E-state index contributed by atoms with van der Waals surface area (Å²) < 4.78 is 0. The summed E-state index contributed by atoms with van der Waals surface area (Å²) >= 11 is -0.826. The van der Waals surface area contributed by atoms with Gasteiger partial charge in [-0.05, 0) is 70.2 Å². The Morgan fingerprint density at radius 3 is 1.35 bits per heavy atom. The normalized spacial score (nSPS) is 11.1. The molecule has 0 amide bonds. The van der Waals surface area contributed by atoms with Gasteiger partial charge in [0.05, 0.1) is 9.52 Å². The number of fused-ring (bicyclic) bond motifs is 5. The molecule has 0 N–H and O–H groups in total. The second-order valence-corrected chi connectivity index (χ2v) is 22.2. The predicted molar refractivity (Wildman–Crippen MR) is 295 cm³/mol. The second-order valence-electron chi connectivity index (χ2n) is 17.2. The van der Waals surface area contributed by atoms with Crippen LogP contribution in [0, 0.1) is 6.07 Å². The van der Waals surface area contributed by atoms with E-state index in [9.17, 15) is 0 Å². The number of benzene rings is 8. The van der Waals surface area contributed by atoms with Crippen LogP contribution >= 0.6 is 17.0 Å². The maximum Gasteiger partial charge on any atom is 0.0920 e. The zero-order valence-corrected chi connectivity index (χ0v) is 44.5. The molecule has 68 heavy (non-hydrogen) atoms. The summed E-state index contributed by atoms with van der Waals surface area (Å²) in [5.41, 5.74) is 19.2. The van der Waals surface area contributed by atoms with Crippen LogP contribution in [0.1, 0.15) is 62.8 Å². The van der Waals surface area contributed by atoms with Gasteiger partial charge in [0.25, 0.3) is 0 Å². The summed E-state index contributed by atoms with van der Waals surface area (Å²) in [4.78, 5) is 0. The molecule has 11 rings (SSSR count). The summed E-state index contributed by atoms with van der Waals surface area (Å²) in [5, 5.41) is 8.30. The van der Waals surface area contributed by atoms with Crippen LogP contribution in [0.25, 0.3) is 77.2 Å². The summed E-state index contributed by atoms with van der Waals surface area (Å²) in [6, 6.07) is 76.2. The van der Waals surface area contributed by atoms with Gasteiger partial charge in [-0.3, -0.25) is 0 Å². The minimum Gasteiger partial charge on any atom is -0.184 e. The third-order valence-electron chi connectivity index (χ3n) is 12.8. The van der Waals surface area contributed by atoms with Gasteiger partial charge in [-0.25, -0.2) is 0 Å². The van der Waals surface area contributed by atoms with E-state index in [1.54, 1.807) is 0 Å². The fraction of sp³-hybridized carbons (Fsp3) is 0.156. The van der Waals surface area contributed by atoms with Crippen molar-refractivity contribution in [2.45, 2.75) is 66.2 Å². The predicted octanol–water partition coefficient (Wildman–Crippen LogP) is 17.3. The maximum absolute atomic E-state index is 4.93. The fourth-order valence-corrected chi connectivity index (χ4v) is 11.0. The minimum absolute atomic E-state index is 0.795. The first kappa shape index (κ1) is 49.1. The number of aryl methyl sites for hydroxylation is 4. The Morgan fingerprint density at radius 1 is 0.456 bits per heavy atom. The number of rotatable bonds is 10. The van der Waals surface area contributed by atoms with Crippen LogP contribution in [0.5, 0.6) is 0 Å². The molecule has 0 aliphatic carbocycles. The first-order valence-corrected chi connectivity index (χ1v) is 31.4. The summed E-state index contributed by atoms with van der Waals surface area (Å²) in [6.45, 7) is 8.99. The number of hydrogen-bond acceptors (Lipinski definition) is 0. The molecule has 0 fully saturated rings. The van der Waals surface area contributed by atoms with Crippen molar-refractivity contribution in [1.82, 2.24) is 0 Å². The fourth-order valence-electron chi connectivity index (χ4n) is 9.72. The van der Waals surface area contributed by atoms with E-state index in [0.717, 1.165) is 35.2 Å². The monoisotopic (exact) mass is 1010 g/mol. The molecule has 0 spiro atoms. The molecule has 1 heterocycles. The third-order valence-corrected chi connectivity index (χ3v) is 14.2. The second kappa shape index (κ2) is 24.3. The Bertz CT molecular complexity index is 2980. The Kier molecular flexibility index (Phi) is 17.5. The van der Waals surface area contributed by atoms with Crippen LogP contribution in [0.2, 0.25) is 0 Å². The molecule has 0 aromatic heterocycles. The summed E-state index contributed by atoms with van der Waals surface area (Å²) in [7, 11) is 10.7. The SMILES string of the molecule is CCCc1cc2c(-c3ccccc3CC)c(-c3ccccc3)ccc2[cH-]1.CCCc1cc2c(-c3ccccc3CC)c(-c3ccccc3)ccc2[cH-]1.[Cl][Zr][Cl].[c-]1cccc2c1[Si]c1ccccc1-2. The third kappa shape index (κ3) is 11.2. The molecule has 0 saturated carbocycles. The van der Waals surface area contributed by atoms with Gasteiger partial charge >= 0.3 is 37.9 Å². The van der Waals surface area contributed by atoms with Crippen molar-refractivity contribution in [1.29, 1.82) is 0 Å². The van der Waals surface area contributed by atoms with Gasteiger partial charge in [0.15, 0.2) is 0 Å². The number of hydrogen-bond donors (Lipinski definition) is 0. The average molecular weight is 1020 g/mol. The molecule has 1 aliphatic rings. The molecule has 10 aromatic rings. The van der Waals surface area contributed by atoms with E-state index in [4.69, 9.17) is 17.0 Å². The van der Waals surface area contributed by atoms with Crippen LogP contribution in [-0.4, -0.2) is 9.52 Å². The molecule has 338 valence electrons. The Morgan fingerprint density at radius 2 is 0.882 bits per heavy atom. The minimum atomic E-state index is -0.826. The standard InChI is InChI=1S/2C26H25.C12H7Si.2ClH.Zr/c2*1-3-10-19-17-22-15-16-24(21-12-6-5-7-13-21)26(25(22)18-19)23-14-9-8-11-20(23)4-2;1-3-7-11-9(5-1)10-6-2-4-8-12(10)13-11;;;/h2*5-9,11-18H,3-4,10H2,1-2H3;1-7H;2*1H;/q3*-1;;;+2/p-2. The number of halogens is 2. The molecule has 0 saturated heterocycles. The van der Waals surface area contributed by atoms with Crippen molar-refractivity contribution in [3.05, 3.63) is 229 Å². The van der Waals surface area contributed by atoms with E-state index in [2.05, 4.69) is 228 Å². The van der Waals surface area contributed by atoms with Gasteiger partial charge < -0.3 is 0 Å². The topological polar surface area (TPSA) is 0 Å². The van der Waals surface area contributed by atoms with Crippen molar-refractivity contribution in [3.8, 4) is 55.6 Å². The van der Waals surface area contributed by atoms with E-state index in [-0.39, 0.29) is 0 Å². The zero-order chi connectivity index (χ0) is 47.2. The van der Waals surface area contributed by atoms with E-state index in [0.29, 0.717) is 0 Å².